The van der Waals surface area contributed by atoms with Gasteiger partial charge in [-0.15, -0.1) is 0 Å². The Morgan fingerprint density at radius 2 is 0.782 bits per heavy atom. The Balaban J connectivity index is 0.801. The summed E-state index contributed by atoms with van der Waals surface area (Å²) >= 11 is 0. The number of benzene rings is 8. The van der Waals surface area contributed by atoms with Gasteiger partial charge < -0.3 is 33.2 Å². The zero-order valence-corrected chi connectivity index (χ0v) is 31.7. The lowest BCUT2D eigenvalue weighted by Gasteiger charge is -2.30. The first-order valence-electron chi connectivity index (χ1n) is 19.4. The highest BCUT2D eigenvalue weighted by Gasteiger charge is 2.29. The molecule has 0 spiro atoms. The van der Waals surface area contributed by atoms with Gasteiger partial charge in [0, 0.05) is 0 Å². The highest BCUT2D eigenvalue weighted by atomic mass is 16.6. The van der Waals surface area contributed by atoms with E-state index in [1.54, 1.807) is 0 Å². The number of ether oxygens (including phenoxy) is 7. The minimum absolute atomic E-state index is 0.366. The molecule has 0 aromatic heterocycles. The van der Waals surface area contributed by atoms with Crippen LogP contribution in [0.15, 0.2) is 109 Å². The molecule has 55 heavy (non-hydrogen) atoms. The Morgan fingerprint density at radius 1 is 0.418 bits per heavy atom. The summed E-state index contributed by atoms with van der Waals surface area (Å²) in [5.74, 6) is 0. The highest BCUT2D eigenvalue weighted by molar-refractivity contribution is 6.24. The predicted molar refractivity (Wildman–Crippen MR) is 221 cm³/mol. The minimum Gasteiger partial charge on any atom is -0.377 e. The molecule has 7 heteroatoms. The number of rotatable bonds is 8. The van der Waals surface area contributed by atoms with Gasteiger partial charge in [-0.2, -0.15) is 0 Å². The lowest BCUT2D eigenvalue weighted by molar-refractivity contribution is -0.140. The van der Waals surface area contributed by atoms with E-state index in [1.165, 1.54) is 64.6 Å². The first-order valence-corrected chi connectivity index (χ1v) is 19.4. The maximum absolute atomic E-state index is 6.38. The van der Waals surface area contributed by atoms with Crippen LogP contribution in [0.25, 0.3) is 64.6 Å². The Kier molecular flexibility index (Phi) is 10.3. The summed E-state index contributed by atoms with van der Waals surface area (Å²) in [6.45, 7) is 9.05. The summed E-state index contributed by atoms with van der Waals surface area (Å²) in [5, 5.41) is 15.2. The third kappa shape index (κ3) is 7.46. The van der Waals surface area contributed by atoms with Gasteiger partial charge in [-0.3, -0.25) is 0 Å². The van der Waals surface area contributed by atoms with Crippen LogP contribution >= 0.6 is 0 Å². The molecule has 0 aliphatic carbocycles. The third-order valence-corrected chi connectivity index (χ3v) is 11.1. The number of hydrogen-bond donors (Lipinski definition) is 0. The summed E-state index contributed by atoms with van der Waals surface area (Å²) in [5.41, 5.74) is 1.01. The molecule has 1 saturated heterocycles. The van der Waals surface area contributed by atoms with Gasteiger partial charge in [0.25, 0.3) is 0 Å². The number of hydrogen-bond acceptors (Lipinski definition) is 7. The second-order valence-corrected chi connectivity index (χ2v) is 15.5. The fraction of sp³-hybridized carbons (Fsp3) is 0.333. The van der Waals surface area contributed by atoms with Gasteiger partial charge in [0.2, 0.25) is 0 Å². The van der Waals surface area contributed by atoms with Crippen molar-refractivity contribution in [2.75, 3.05) is 66.1 Å². The third-order valence-electron chi connectivity index (χ3n) is 11.1. The molecule has 0 radical (unpaired) electrons. The van der Waals surface area contributed by atoms with Gasteiger partial charge in [-0.25, -0.2) is 0 Å². The van der Waals surface area contributed by atoms with Crippen LogP contribution in [0.5, 0.6) is 0 Å². The van der Waals surface area contributed by atoms with E-state index in [0.29, 0.717) is 79.3 Å². The van der Waals surface area contributed by atoms with Gasteiger partial charge in [-0.1, -0.05) is 109 Å². The summed E-state index contributed by atoms with van der Waals surface area (Å²) in [6, 6.07) is 39.4. The molecule has 8 aromatic carbocycles. The molecule has 282 valence electrons. The van der Waals surface area contributed by atoms with Gasteiger partial charge >= 0.3 is 0 Å². The normalized spacial score (nSPS) is 21.3. The summed E-state index contributed by atoms with van der Waals surface area (Å²) in [4.78, 5) is 0. The van der Waals surface area contributed by atoms with E-state index < -0.39 is 11.2 Å². The maximum atomic E-state index is 6.38. The van der Waals surface area contributed by atoms with E-state index >= 15 is 0 Å². The summed E-state index contributed by atoms with van der Waals surface area (Å²) in [7, 11) is 0. The minimum atomic E-state index is -0.655. The average Bonchev–Trinajstić information content (AvgIpc) is 3.21. The van der Waals surface area contributed by atoms with Crippen molar-refractivity contribution in [3.8, 4) is 0 Å². The first-order chi connectivity index (χ1) is 27.0. The van der Waals surface area contributed by atoms with Crippen molar-refractivity contribution in [1.82, 2.24) is 0 Å². The van der Waals surface area contributed by atoms with Crippen molar-refractivity contribution in [2.45, 2.75) is 38.3 Å². The van der Waals surface area contributed by atoms with Gasteiger partial charge in [0.15, 0.2) is 0 Å². The van der Waals surface area contributed by atoms with Gasteiger partial charge in [0.05, 0.1) is 79.3 Å². The second-order valence-electron chi connectivity index (χ2n) is 15.5. The molecular formula is C48H48O7. The molecule has 0 bridgehead atoms. The van der Waals surface area contributed by atoms with Crippen LogP contribution < -0.4 is 0 Å². The summed E-state index contributed by atoms with van der Waals surface area (Å²) in [6.07, 6.45) is 0. The van der Waals surface area contributed by atoms with Crippen molar-refractivity contribution < 1.29 is 33.2 Å². The predicted octanol–water partition coefficient (Wildman–Crippen LogP) is 9.83. The van der Waals surface area contributed by atoms with E-state index in [-0.39, 0.29) is 0 Å². The summed E-state index contributed by atoms with van der Waals surface area (Å²) < 4.78 is 43.7. The van der Waals surface area contributed by atoms with Crippen LogP contribution in [0, 0.1) is 0 Å². The van der Waals surface area contributed by atoms with Crippen LogP contribution in [0.4, 0.5) is 0 Å². The van der Waals surface area contributed by atoms with E-state index in [2.05, 4.69) is 109 Å². The van der Waals surface area contributed by atoms with E-state index in [0.717, 1.165) is 11.1 Å². The SMILES string of the molecule is C[C@]1(COCc2ccc3ccc4cccc5ccc2c3c45)COCCOC[C@](C)(COCc2ccc3ccc4cccc5ccc2c3c45)OCCOCCO1. The zero-order chi connectivity index (χ0) is 37.2. The van der Waals surface area contributed by atoms with Crippen molar-refractivity contribution in [2.24, 2.45) is 0 Å². The maximum Gasteiger partial charge on any atom is 0.112 e. The molecule has 1 aliphatic heterocycles. The van der Waals surface area contributed by atoms with Gasteiger partial charge in [-0.05, 0) is 89.6 Å². The van der Waals surface area contributed by atoms with Crippen LogP contribution in [-0.2, 0) is 46.4 Å². The van der Waals surface area contributed by atoms with Crippen molar-refractivity contribution in [3.05, 3.63) is 120 Å². The Bertz CT molecular complexity index is 2340. The van der Waals surface area contributed by atoms with Crippen LogP contribution in [-0.4, -0.2) is 77.3 Å². The smallest absolute Gasteiger partial charge is 0.112 e. The molecule has 0 amide bonds. The fourth-order valence-corrected chi connectivity index (χ4v) is 8.34. The van der Waals surface area contributed by atoms with E-state index in [9.17, 15) is 0 Å². The fourth-order valence-electron chi connectivity index (χ4n) is 8.34. The van der Waals surface area contributed by atoms with Crippen LogP contribution in [0.2, 0.25) is 0 Å². The van der Waals surface area contributed by atoms with Crippen LogP contribution in [0.3, 0.4) is 0 Å². The topological polar surface area (TPSA) is 64.6 Å². The molecule has 0 unspecified atom stereocenters. The molecule has 0 saturated carbocycles. The average molecular weight is 737 g/mol. The highest BCUT2D eigenvalue weighted by Crippen LogP contribution is 2.38. The Labute approximate surface area is 321 Å². The monoisotopic (exact) mass is 736 g/mol. The molecule has 9 rings (SSSR count). The molecule has 7 nitrogen and oxygen atoms in total. The molecule has 0 N–H and O–H groups in total. The molecule has 1 fully saturated rings. The van der Waals surface area contributed by atoms with Crippen molar-refractivity contribution in [1.29, 1.82) is 0 Å². The van der Waals surface area contributed by atoms with Crippen LogP contribution in [0.1, 0.15) is 25.0 Å². The molecule has 1 aliphatic rings. The van der Waals surface area contributed by atoms with Gasteiger partial charge in [0.1, 0.15) is 11.2 Å². The molecule has 8 aromatic rings. The lowest BCUT2D eigenvalue weighted by atomic mass is 9.92. The van der Waals surface area contributed by atoms with Crippen molar-refractivity contribution >= 4 is 64.6 Å². The molecular weight excluding hydrogens is 689 g/mol. The molecule has 2 atom stereocenters. The van der Waals surface area contributed by atoms with E-state index in [4.69, 9.17) is 33.2 Å². The molecule has 1 heterocycles. The van der Waals surface area contributed by atoms with E-state index in [1.807, 2.05) is 13.8 Å². The Hall–Kier alpha value is -4.44. The zero-order valence-electron chi connectivity index (χ0n) is 31.7. The second kappa shape index (κ2) is 15.6. The Morgan fingerprint density at radius 3 is 1.22 bits per heavy atom. The van der Waals surface area contributed by atoms with Crippen molar-refractivity contribution in [3.63, 3.8) is 0 Å². The standard InChI is InChI=1S/C48H48O7/c1-47(31-52-27-39-15-13-37-11-9-33-5-3-7-35-17-19-41(39)45(37)43(33)35)29-50-21-22-51-30-48(2,55-26-24-49-23-25-54-47)32-53-28-40-16-14-38-12-10-34-6-4-8-36-18-20-42(40)46(38)44(34)36/h3-20H,21-32H2,1-2H3/t47-,48-/m1/s1. The first kappa shape index (κ1) is 36.2. The largest absolute Gasteiger partial charge is 0.377 e. The lowest BCUT2D eigenvalue weighted by Crippen LogP contribution is -2.41. The quantitative estimate of drug-likeness (QED) is 0.144.